The smallest absolute Gasteiger partial charge is 0.166 e. The molecule has 0 amide bonds. The van der Waals surface area contributed by atoms with Crippen LogP contribution in [-0.2, 0) is 5.41 Å². The first-order chi connectivity index (χ1) is 12.3. The van der Waals surface area contributed by atoms with Gasteiger partial charge in [-0.25, -0.2) is 5.32 Å². The average Bonchev–Trinajstić information content (AvgIpc) is 3.41. The van der Waals surface area contributed by atoms with Crippen LogP contribution in [0.4, 0.5) is 0 Å². The van der Waals surface area contributed by atoms with Crippen LogP contribution in [0.1, 0.15) is 46.7 Å². The van der Waals surface area contributed by atoms with Crippen molar-refractivity contribution in [3.05, 3.63) is 65.2 Å². The molecule has 127 valence electrons. The first kappa shape index (κ1) is 15.2. The number of benzene rings is 2. The Morgan fingerprint density at radius 1 is 1.08 bits per heavy atom. The third-order valence-electron chi connectivity index (χ3n) is 6.19. The molecule has 3 heteroatoms. The Morgan fingerprint density at radius 2 is 1.88 bits per heavy atom. The molecule has 0 aromatic heterocycles. The van der Waals surface area contributed by atoms with E-state index in [1.807, 2.05) is 30.3 Å². The Kier molecular flexibility index (Phi) is 3.46. The van der Waals surface area contributed by atoms with Gasteiger partial charge >= 0.3 is 0 Å². The van der Waals surface area contributed by atoms with Crippen LogP contribution < -0.4 is 10.1 Å². The van der Waals surface area contributed by atoms with Gasteiger partial charge in [0.1, 0.15) is 5.75 Å². The summed E-state index contributed by atoms with van der Waals surface area (Å²) >= 11 is 0. The molecule has 3 aliphatic rings. The molecule has 3 nitrogen and oxygen atoms in total. The van der Waals surface area contributed by atoms with Crippen molar-refractivity contribution in [2.75, 3.05) is 19.7 Å². The molecule has 2 aromatic carbocycles. The molecular formula is C22H22NO2. The van der Waals surface area contributed by atoms with Gasteiger partial charge in [0.15, 0.2) is 5.78 Å². The van der Waals surface area contributed by atoms with E-state index in [4.69, 9.17) is 4.74 Å². The summed E-state index contributed by atoms with van der Waals surface area (Å²) in [5, 5.41) is 4.47. The number of carbonyl (C=O) groups is 1. The number of Topliss-reactive ketones (excluding diaryl/α,β-unsaturated/α-hetero) is 1. The van der Waals surface area contributed by atoms with Gasteiger partial charge in [-0.15, -0.1) is 0 Å². The molecule has 1 radical (unpaired) electrons. The van der Waals surface area contributed by atoms with Gasteiger partial charge in [-0.3, -0.25) is 4.79 Å². The van der Waals surface area contributed by atoms with Gasteiger partial charge in [-0.05, 0) is 36.8 Å². The zero-order valence-corrected chi connectivity index (χ0v) is 14.3. The third kappa shape index (κ3) is 2.49. The van der Waals surface area contributed by atoms with Crippen LogP contribution in [-0.4, -0.2) is 25.5 Å². The highest BCUT2D eigenvalue weighted by atomic mass is 16.5. The minimum atomic E-state index is 0.129. The van der Waals surface area contributed by atoms with Crippen LogP contribution in [0.3, 0.4) is 0 Å². The van der Waals surface area contributed by atoms with Gasteiger partial charge in [0.05, 0.1) is 6.61 Å². The van der Waals surface area contributed by atoms with Gasteiger partial charge in [-0.1, -0.05) is 42.5 Å². The second-order valence-corrected chi connectivity index (χ2v) is 7.67. The maximum Gasteiger partial charge on any atom is 0.166 e. The lowest BCUT2D eigenvalue weighted by atomic mass is 9.74. The summed E-state index contributed by atoms with van der Waals surface area (Å²) in [5.41, 5.74) is 3.50. The predicted octanol–water partition coefficient (Wildman–Crippen LogP) is 3.70. The Hall–Kier alpha value is -2.13. The normalized spacial score (nSPS) is 26.1. The van der Waals surface area contributed by atoms with Crippen molar-refractivity contribution in [1.82, 2.24) is 5.32 Å². The van der Waals surface area contributed by atoms with Crippen LogP contribution in [0, 0.1) is 5.92 Å². The van der Waals surface area contributed by atoms with E-state index in [9.17, 15) is 4.79 Å². The molecule has 2 fully saturated rings. The summed E-state index contributed by atoms with van der Waals surface area (Å²) < 4.78 is 6.00. The summed E-state index contributed by atoms with van der Waals surface area (Å²) in [6, 6.07) is 16.5. The molecule has 2 heterocycles. The number of ether oxygens (including phenoxy) is 1. The molecule has 1 saturated carbocycles. The van der Waals surface area contributed by atoms with Crippen molar-refractivity contribution in [2.24, 2.45) is 5.92 Å². The van der Waals surface area contributed by atoms with Crippen LogP contribution in [0.2, 0.25) is 0 Å². The van der Waals surface area contributed by atoms with E-state index in [1.165, 1.54) is 11.1 Å². The topological polar surface area (TPSA) is 40.4 Å². The molecule has 1 spiro atoms. The second kappa shape index (κ2) is 5.70. The fourth-order valence-electron chi connectivity index (χ4n) is 4.53. The molecule has 0 bridgehead atoms. The second-order valence-electron chi connectivity index (χ2n) is 7.67. The van der Waals surface area contributed by atoms with Gasteiger partial charge in [0.2, 0.25) is 0 Å². The average molecular weight is 332 g/mol. The monoisotopic (exact) mass is 332 g/mol. The standard InChI is InChI=1S/C22H22NO2/c24-21(18-13-17(18)15-4-2-1-3-5-15)16-6-7-19-20(12-16)25-14-22(19)8-10-23-11-9-22/h1-7,12,17-18H,8-11,13-14H2. The molecule has 2 atom stereocenters. The molecule has 2 aromatic rings. The lowest BCUT2D eigenvalue weighted by molar-refractivity contribution is 0.0965. The predicted molar refractivity (Wildman–Crippen MR) is 96.3 cm³/mol. The minimum Gasteiger partial charge on any atom is -0.492 e. The Balaban J connectivity index is 1.37. The minimum absolute atomic E-state index is 0.129. The molecule has 25 heavy (non-hydrogen) atoms. The highest BCUT2D eigenvalue weighted by Crippen LogP contribution is 2.50. The molecule has 2 aliphatic heterocycles. The van der Waals surface area contributed by atoms with Gasteiger partial charge in [-0.2, -0.15) is 0 Å². The largest absolute Gasteiger partial charge is 0.492 e. The van der Waals surface area contributed by atoms with Crippen LogP contribution >= 0.6 is 0 Å². The molecule has 2 unspecified atom stereocenters. The van der Waals surface area contributed by atoms with Crippen molar-refractivity contribution in [3.63, 3.8) is 0 Å². The maximum atomic E-state index is 12.9. The number of carbonyl (C=O) groups excluding carboxylic acids is 1. The first-order valence-corrected chi connectivity index (χ1v) is 9.27. The zero-order valence-electron chi connectivity index (χ0n) is 14.3. The summed E-state index contributed by atoms with van der Waals surface area (Å²) in [6.07, 6.45) is 3.09. The van der Waals surface area contributed by atoms with Gasteiger partial charge < -0.3 is 4.74 Å². The molecule has 5 rings (SSSR count). The molecule has 1 saturated heterocycles. The van der Waals surface area contributed by atoms with E-state index >= 15 is 0 Å². The van der Waals surface area contributed by atoms with Crippen molar-refractivity contribution < 1.29 is 9.53 Å². The molecular weight excluding hydrogens is 310 g/mol. The van der Waals surface area contributed by atoms with Crippen molar-refractivity contribution >= 4 is 5.78 Å². The van der Waals surface area contributed by atoms with E-state index in [-0.39, 0.29) is 17.1 Å². The Labute approximate surface area is 148 Å². The van der Waals surface area contributed by atoms with Crippen molar-refractivity contribution in [2.45, 2.75) is 30.6 Å². The lowest BCUT2D eigenvalue weighted by Gasteiger charge is -2.31. The SMILES string of the molecule is O=C(c1ccc2c(c1)OCC21CC[N]CC1)C1CC1c1ccccc1. The first-order valence-electron chi connectivity index (χ1n) is 9.27. The van der Waals surface area contributed by atoms with Gasteiger partial charge in [0, 0.05) is 35.5 Å². The third-order valence-corrected chi connectivity index (χ3v) is 6.19. The Bertz CT molecular complexity index is 808. The van der Waals surface area contributed by atoms with E-state index in [1.54, 1.807) is 0 Å². The quantitative estimate of drug-likeness (QED) is 0.804. The highest BCUT2D eigenvalue weighted by molar-refractivity contribution is 6.00. The van der Waals surface area contributed by atoms with E-state index in [0.717, 1.165) is 50.3 Å². The fourth-order valence-corrected chi connectivity index (χ4v) is 4.53. The number of piperidine rings is 1. The van der Waals surface area contributed by atoms with Crippen LogP contribution in [0.25, 0.3) is 0 Å². The molecule has 0 N–H and O–H groups in total. The van der Waals surface area contributed by atoms with E-state index < -0.39 is 0 Å². The van der Waals surface area contributed by atoms with Crippen molar-refractivity contribution in [3.8, 4) is 5.75 Å². The molecule has 1 aliphatic carbocycles. The van der Waals surface area contributed by atoms with Crippen molar-refractivity contribution in [1.29, 1.82) is 0 Å². The maximum absolute atomic E-state index is 12.9. The summed E-state index contributed by atoms with van der Waals surface area (Å²) in [4.78, 5) is 12.9. The van der Waals surface area contributed by atoms with Crippen LogP contribution in [0.5, 0.6) is 5.75 Å². The number of nitrogens with zero attached hydrogens (tertiary/aromatic N) is 1. The van der Waals surface area contributed by atoms with Gasteiger partial charge in [0.25, 0.3) is 0 Å². The summed E-state index contributed by atoms with van der Waals surface area (Å²) in [6.45, 7) is 2.58. The number of rotatable bonds is 3. The number of fused-ring (bicyclic) bond motifs is 2. The Morgan fingerprint density at radius 3 is 2.68 bits per heavy atom. The van der Waals surface area contributed by atoms with E-state index in [2.05, 4.69) is 23.5 Å². The number of ketones is 1. The zero-order chi connectivity index (χ0) is 16.9. The highest BCUT2D eigenvalue weighted by Gasteiger charge is 2.45. The fraction of sp³-hybridized carbons (Fsp3) is 0.409. The summed E-state index contributed by atoms with van der Waals surface area (Å²) in [5.74, 6) is 1.70. The number of hydrogen-bond acceptors (Lipinski definition) is 2. The van der Waals surface area contributed by atoms with E-state index in [0.29, 0.717) is 5.92 Å². The van der Waals surface area contributed by atoms with Crippen LogP contribution in [0.15, 0.2) is 48.5 Å². The lowest BCUT2D eigenvalue weighted by Crippen LogP contribution is -2.38. The summed E-state index contributed by atoms with van der Waals surface area (Å²) in [7, 11) is 0. The number of hydrogen-bond donors (Lipinski definition) is 0.